The topological polar surface area (TPSA) is 55.4 Å². The number of fused-ring (bicyclic) bond motifs is 1. The van der Waals surface area contributed by atoms with Gasteiger partial charge >= 0.3 is 0 Å². The minimum Gasteiger partial charge on any atom is -0.368 e. The number of unbranched alkanes of at least 4 members (excludes halogenated alkanes) is 7. The van der Waals surface area contributed by atoms with Gasteiger partial charge in [-0.1, -0.05) is 130 Å². The van der Waals surface area contributed by atoms with Crippen LogP contribution in [-0.4, -0.2) is 49.8 Å². The zero-order valence-corrected chi connectivity index (χ0v) is 26.4. The van der Waals surface area contributed by atoms with Gasteiger partial charge in [0, 0.05) is 18.1 Å². The van der Waals surface area contributed by atoms with Crippen LogP contribution in [0.15, 0.2) is 91.0 Å². The van der Waals surface area contributed by atoms with E-state index in [2.05, 4.69) is 24.3 Å². The smallest absolute Gasteiger partial charge is 0.186 e. The fourth-order valence-corrected chi connectivity index (χ4v) is 6.01. The van der Waals surface area contributed by atoms with Crippen molar-refractivity contribution in [3.63, 3.8) is 0 Å². The van der Waals surface area contributed by atoms with Crippen LogP contribution in [0.25, 0.3) is 0 Å². The first kappa shape index (κ1) is 33.1. The van der Waals surface area contributed by atoms with Gasteiger partial charge in [-0.05, 0) is 24.0 Å². The summed E-state index contributed by atoms with van der Waals surface area (Å²) < 4.78 is 39.0. The summed E-state index contributed by atoms with van der Waals surface area (Å²) in [6.45, 7) is 1.82. The predicted molar refractivity (Wildman–Crippen MR) is 172 cm³/mol. The Hall–Kier alpha value is -2.29. The van der Waals surface area contributed by atoms with Gasteiger partial charge in [0.25, 0.3) is 0 Å². The second kappa shape index (κ2) is 18.6. The molecule has 2 saturated heterocycles. The van der Waals surface area contributed by atoms with Gasteiger partial charge in [0.1, 0.15) is 24.4 Å². The van der Waals surface area contributed by atoms with Gasteiger partial charge in [0.15, 0.2) is 12.6 Å². The lowest BCUT2D eigenvalue weighted by Gasteiger charge is -2.49. The highest BCUT2D eigenvalue weighted by Crippen LogP contribution is 2.37. The third-order valence-corrected chi connectivity index (χ3v) is 8.50. The van der Waals surface area contributed by atoms with Crippen molar-refractivity contribution >= 4 is 11.6 Å². The fourth-order valence-electron chi connectivity index (χ4n) is 5.82. The molecule has 2 aliphatic rings. The van der Waals surface area contributed by atoms with E-state index < -0.39 is 30.9 Å². The quantitative estimate of drug-likeness (QED) is 0.105. The summed E-state index contributed by atoms with van der Waals surface area (Å²) in [5, 5.41) is 0. The minimum atomic E-state index is -0.600. The Morgan fingerprint density at radius 2 is 1.14 bits per heavy atom. The summed E-state index contributed by atoms with van der Waals surface area (Å²) in [7, 11) is 0. The van der Waals surface area contributed by atoms with Gasteiger partial charge in [0.2, 0.25) is 0 Å². The predicted octanol–water partition coefficient (Wildman–Crippen LogP) is 8.37. The number of hydrogen-bond acceptors (Lipinski definition) is 6. The minimum absolute atomic E-state index is 0.342. The lowest BCUT2D eigenvalue weighted by molar-refractivity contribution is -0.372. The fraction of sp³-hybridized carbons (Fsp3) is 0.514. The zero-order chi connectivity index (χ0) is 30.2. The summed E-state index contributed by atoms with van der Waals surface area (Å²) in [6.07, 6.45) is 6.68. The Bertz CT molecular complexity index is 1170. The third kappa shape index (κ3) is 10.1. The Kier molecular flexibility index (Phi) is 14.0. The van der Waals surface area contributed by atoms with Crippen molar-refractivity contribution in [3.8, 4) is 0 Å². The standard InChI is InChI=1S/C37H47ClO6/c38-24-16-5-3-1-2-4-6-17-25-39-37-35(41-27-30-20-12-8-13-21-30)34(40-26-29-18-10-7-11-19-29)33-32(43-37)28-42-36(44-33)31-22-14-9-15-23-31/h7-15,18-23,32-37H,1-6,16-17,24-28H2/t32-,33+,34+,35-,36?,37?/m1/s1. The molecule has 0 amide bonds. The Labute approximate surface area is 267 Å². The second-order valence-electron chi connectivity index (χ2n) is 11.6. The molecule has 0 N–H and O–H groups in total. The summed E-state index contributed by atoms with van der Waals surface area (Å²) >= 11 is 5.79. The van der Waals surface area contributed by atoms with Crippen molar-refractivity contribution < 1.29 is 28.4 Å². The molecule has 6 atom stereocenters. The third-order valence-electron chi connectivity index (χ3n) is 8.24. The van der Waals surface area contributed by atoms with Crippen LogP contribution in [0.4, 0.5) is 0 Å². The summed E-state index contributed by atoms with van der Waals surface area (Å²) in [5.41, 5.74) is 3.13. The molecule has 44 heavy (non-hydrogen) atoms. The zero-order valence-electron chi connectivity index (χ0n) is 25.6. The van der Waals surface area contributed by atoms with Gasteiger partial charge in [-0.25, -0.2) is 0 Å². The maximum atomic E-state index is 6.68. The van der Waals surface area contributed by atoms with Crippen molar-refractivity contribution in [2.24, 2.45) is 0 Å². The monoisotopic (exact) mass is 622 g/mol. The number of halogens is 1. The molecule has 2 fully saturated rings. The van der Waals surface area contributed by atoms with Gasteiger partial charge in [0.05, 0.1) is 19.8 Å². The van der Waals surface area contributed by atoms with Crippen LogP contribution < -0.4 is 0 Å². The number of hydrogen-bond donors (Lipinski definition) is 0. The van der Waals surface area contributed by atoms with Gasteiger partial charge in [-0.2, -0.15) is 0 Å². The van der Waals surface area contributed by atoms with Crippen LogP contribution in [0, 0.1) is 0 Å². The molecule has 0 spiro atoms. The largest absolute Gasteiger partial charge is 0.368 e. The maximum Gasteiger partial charge on any atom is 0.186 e. The first-order valence-electron chi connectivity index (χ1n) is 16.3. The molecule has 0 aliphatic carbocycles. The van der Waals surface area contributed by atoms with E-state index in [0.29, 0.717) is 26.4 Å². The molecule has 2 aliphatic heterocycles. The van der Waals surface area contributed by atoms with E-state index in [9.17, 15) is 0 Å². The molecule has 0 bridgehead atoms. The van der Waals surface area contributed by atoms with Crippen LogP contribution in [0.5, 0.6) is 0 Å². The van der Waals surface area contributed by atoms with Crippen LogP contribution in [-0.2, 0) is 41.6 Å². The normalized spacial score (nSPS) is 25.0. The number of benzene rings is 3. The average molecular weight is 623 g/mol. The van der Waals surface area contributed by atoms with E-state index in [-0.39, 0.29) is 6.10 Å². The highest BCUT2D eigenvalue weighted by molar-refractivity contribution is 6.17. The Balaban J connectivity index is 1.26. The van der Waals surface area contributed by atoms with Gasteiger partial charge in [-0.3, -0.25) is 0 Å². The van der Waals surface area contributed by atoms with E-state index in [0.717, 1.165) is 41.8 Å². The van der Waals surface area contributed by atoms with E-state index in [1.54, 1.807) is 0 Å². The first-order valence-corrected chi connectivity index (χ1v) is 16.8. The molecule has 2 unspecified atom stereocenters. The van der Waals surface area contributed by atoms with Crippen molar-refractivity contribution in [1.29, 1.82) is 0 Å². The second-order valence-corrected chi connectivity index (χ2v) is 12.0. The maximum absolute atomic E-state index is 6.68. The molecule has 0 saturated carbocycles. The van der Waals surface area contributed by atoms with E-state index in [1.165, 1.54) is 32.1 Å². The molecule has 3 aromatic rings. The van der Waals surface area contributed by atoms with Crippen LogP contribution in [0.2, 0.25) is 0 Å². The summed E-state index contributed by atoms with van der Waals surface area (Å²) in [4.78, 5) is 0. The summed E-state index contributed by atoms with van der Waals surface area (Å²) in [5.74, 6) is 0.766. The van der Waals surface area contributed by atoms with E-state index in [1.807, 2.05) is 66.7 Å². The highest BCUT2D eigenvalue weighted by atomic mass is 35.5. The van der Waals surface area contributed by atoms with Crippen LogP contribution in [0.1, 0.15) is 74.3 Å². The van der Waals surface area contributed by atoms with Crippen molar-refractivity contribution in [1.82, 2.24) is 0 Å². The lowest BCUT2D eigenvalue weighted by Crippen LogP contribution is -2.63. The molecule has 0 radical (unpaired) electrons. The van der Waals surface area contributed by atoms with Crippen molar-refractivity contribution in [2.45, 2.75) is 102 Å². The number of rotatable bonds is 18. The molecular weight excluding hydrogens is 576 g/mol. The lowest BCUT2D eigenvalue weighted by atomic mass is 9.97. The average Bonchev–Trinajstić information content (AvgIpc) is 3.08. The molecule has 7 heteroatoms. The molecular formula is C37H47ClO6. The van der Waals surface area contributed by atoms with E-state index in [4.69, 9.17) is 40.0 Å². The van der Waals surface area contributed by atoms with Crippen LogP contribution in [0.3, 0.4) is 0 Å². The highest BCUT2D eigenvalue weighted by Gasteiger charge is 2.51. The molecule has 0 aromatic heterocycles. The Morgan fingerprint density at radius 3 is 1.75 bits per heavy atom. The first-order chi connectivity index (χ1) is 21.8. The number of alkyl halides is 1. The molecule has 5 rings (SSSR count). The SMILES string of the molecule is ClCCCCCCCCCCOC1O[C@@H]2COC(c3ccccc3)O[C@@H]2[C@H](OCc2ccccc2)[C@H]1OCc1ccccc1. The molecule has 3 aromatic carbocycles. The van der Waals surface area contributed by atoms with Gasteiger partial charge in [-0.15, -0.1) is 11.6 Å². The number of ether oxygens (including phenoxy) is 6. The Morgan fingerprint density at radius 1 is 0.591 bits per heavy atom. The molecule has 2 heterocycles. The molecule has 238 valence electrons. The van der Waals surface area contributed by atoms with Gasteiger partial charge < -0.3 is 28.4 Å². The summed E-state index contributed by atoms with van der Waals surface area (Å²) in [6, 6.07) is 30.4. The van der Waals surface area contributed by atoms with Crippen LogP contribution >= 0.6 is 11.6 Å². The van der Waals surface area contributed by atoms with E-state index >= 15 is 0 Å². The van der Waals surface area contributed by atoms with Crippen molar-refractivity contribution in [2.75, 3.05) is 19.1 Å². The molecule has 6 nitrogen and oxygen atoms in total. The van der Waals surface area contributed by atoms with Crippen molar-refractivity contribution in [3.05, 3.63) is 108 Å².